The van der Waals surface area contributed by atoms with Crippen LogP contribution in [0.2, 0.25) is 0 Å². The van der Waals surface area contributed by atoms with Gasteiger partial charge in [0.25, 0.3) is 0 Å². The summed E-state index contributed by atoms with van der Waals surface area (Å²) in [6.45, 7) is 2.42. The number of rotatable bonds is 3. The zero-order chi connectivity index (χ0) is 15.2. The Labute approximate surface area is 130 Å². The molecule has 0 N–H and O–H groups in total. The van der Waals surface area contributed by atoms with Gasteiger partial charge in [-0.1, -0.05) is 12.1 Å². The van der Waals surface area contributed by atoms with Gasteiger partial charge >= 0.3 is 0 Å². The topological polar surface area (TPSA) is 55.2 Å². The summed E-state index contributed by atoms with van der Waals surface area (Å²) in [5, 5.41) is 4.08. The molecule has 2 aromatic rings. The Balaban J connectivity index is 1.44. The Bertz CT molecular complexity index is 753. The van der Waals surface area contributed by atoms with Gasteiger partial charge in [-0.2, -0.15) is 5.10 Å². The second kappa shape index (κ2) is 5.21. The summed E-state index contributed by atoms with van der Waals surface area (Å²) < 4.78 is 25.8. The largest absolute Gasteiger partial charge is 0.297 e. The summed E-state index contributed by atoms with van der Waals surface area (Å²) in [6.07, 6.45) is 4.51. The molecular formula is C16H19N3O2S. The molecule has 22 heavy (non-hydrogen) atoms. The Hall–Kier alpha value is -1.66. The highest BCUT2D eigenvalue weighted by Crippen LogP contribution is 2.34. The summed E-state index contributed by atoms with van der Waals surface area (Å²) in [5.41, 5.74) is 2.25. The lowest BCUT2D eigenvalue weighted by Crippen LogP contribution is -2.26. The number of sulfone groups is 1. The number of aromatic nitrogens is 2. The van der Waals surface area contributed by atoms with E-state index in [1.165, 1.54) is 5.56 Å². The van der Waals surface area contributed by atoms with Gasteiger partial charge in [-0.25, -0.2) is 13.1 Å². The molecule has 1 aromatic heterocycles. The van der Waals surface area contributed by atoms with Crippen LogP contribution in [0.1, 0.15) is 12.0 Å². The highest BCUT2D eigenvalue weighted by molar-refractivity contribution is 7.92. The van der Waals surface area contributed by atoms with E-state index >= 15 is 0 Å². The Morgan fingerprint density at radius 2 is 2.00 bits per heavy atom. The highest BCUT2D eigenvalue weighted by Gasteiger charge is 2.45. The second-order valence-electron chi connectivity index (χ2n) is 6.27. The van der Waals surface area contributed by atoms with Crippen molar-refractivity contribution < 1.29 is 8.42 Å². The highest BCUT2D eigenvalue weighted by atomic mass is 32.2. The van der Waals surface area contributed by atoms with E-state index in [1.807, 2.05) is 16.9 Å². The average molecular weight is 317 g/mol. The molecule has 0 unspecified atom stereocenters. The van der Waals surface area contributed by atoms with E-state index in [4.69, 9.17) is 0 Å². The molecule has 3 heterocycles. The lowest BCUT2D eigenvalue weighted by atomic mass is 10.1. The molecule has 0 spiro atoms. The van der Waals surface area contributed by atoms with Crippen molar-refractivity contribution in [1.82, 2.24) is 14.7 Å². The normalized spacial score (nSPS) is 27.1. The van der Waals surface area contributed by atoms with Crippen molar-refractivity contribution in [3.8, 4) is 5.69 Å². The summed E-state index contributed by atoms with van der Waals surface area (Å²) >= 11 is 0. The van der Waals surface area contributed by atoms with Gasteiger partial charge in [0.2, 0.25) is 0 Å². The minimum atomic E-state index is -2.84. The Kier molecular flexibility index (Phi) is 3.31. The molecule has 2 aliphatic rings. The van der Waals surface area contributed by atoms with E-state index in [2.05, 4.69) is 34.3 Å². The quantitative estimate of drug-likeness (QED) is 0.861. The first kappa shape index (κ1) is 14.0. The van der Waals surface area contributed by atoms with E-state index in [-0.39, 0.29) is 5.25 Å². The number of benzene rings is 1. The first-order chi connectivity index (χ1) is 10.6. The fourth-order valence-corrected chi connectivity index (χ4v) is 5.82. The smallest absolute Gasteiger partial charge is 0.154 e. The molecule has 0 saturated carbocycles. The summed E-state index contributed by atoms with van der Waals surface area (Å²) in [7, 11) is -2.84. The Morgan fingerprint density at radius 1 is 1.18 bits per heavy atom. The second-order valence-corrected chi connectivity index (χ2v) is 8.60. The van der Waals surface area contributed by atoms with E-state index in [0.717, 1.165) is 25.2 Å². The molecule has 0 aliphatic carbocycles. The SMILES string of the molecule is O=S1(=O)CC[C@@H]2CN(Cc3ccc(-n4cccn4)cc3)C[C@@H]21. The number of hydrogen-bond acceptors (Lipinski definition) is 4. The van der Waals surface area contributed by atoms with Gasteiger partial charge in [0.05, 0.1) is 16.7 Å². The van der Waals surface area contributed by atoms with E-state index in [9.17, 15) is 8.42 Å². The lowest BCUT2D eigenvalue weighted by molar-refractivity contribution is 0.314. The zero-order valence-corrected chi connectivity index (χ0v) is 13.1. The van der Waals surface area contributed by atoms with Gasteiger partial charge < -0.3 is 0 Å². The number of likely N-dealkylation sites (tertiary alicyclic amines) is 1. The fraction of sp³-hybridized carbons (Fsp3) is 0.438. The van der Waals surface area contributed by atoms with Crippen LogP contribution in [0.25, 0.3) is 5.69 Å². The molecule has 0 bridgehead atoms. The maximum atomic E-state index is 12.0. The van der Waals surface area contributed by atoms with Crippen molar-refractivity contribution in [2.75, 3.05) is 18.8 Å². The van der Waals surface area contributed by atoms with Crippen LogP contribution in [0.15, 0.2) is 42.7 Å². The van der Waals surface area contributed by atoms with Gasteiger partial charge in [0.15, 0.2) is 9.84 Å². The molecule has 2 fully saturated rings. The maximum absolute atomic E-state index is 12.0. The van der Waals surface area contributed by atoms with Gasteiger partial charge in [-0.05, 0) is 36.1 Å². The third-order valence-electron chi connectivity index (χ3n) is 4.80. The monoisotopic (exact) mass is 317 g/mol. The van der Waals surface area contributed by atoms with Crippen LogP contribution in [-0.2, 0) is 16.4 Å². The van der Waals surface area contributed by atoms with Crippen LogP contribution in [0.4, 0.5) is 0 Å². The van der Waals surface area contributed by atoms with Crippen molar-refractivity contribution in [3.05, 3.63) is 48.3 Å². The first-order valence-electron chi connectivity index (χ1n) is 7.65. The van der Waals surface area contributed by atoms with Gasteiger partial charge in [-0.15, -0.1) is 0 Å². The van der Waals surface area contributed by atoms with Gasteiger partial charge in [-0.3, -0.25) is 4.90 Å². The van der Waals surface area contributed by atoms with Crippen LogP contribution in [0, 0.1) is 5.92 Å². The number of fused-ring (bicyclic) bond motifs is 1. The van der Waals surface area contributed by atoms with Crippen LogP contribution >= 0.6 is 0 Å². The molecule has 2 atom stereocenters. The third-order valence-corrected chi connectivity index (χ3v) is 7.06. The van der Waals surface area contributed by atoms with Crippen LogP contribution in [0.5, 0.6) is 0 Å². The molecular weight excluding hydrogens is 298 g/mol. The minimum Gasteiger partial charge on any atom is -0.297 e. The summed E-state index contributed by atoms with van der Waals surface area (Å²) in [5.74, 6) is 0.725. The number of hydrogen-bond donors (Lipinski definition) is 0. The molecule has 2 saturated heterocycles. The maximum Gasteiger partial charge on any atom is 0.154 e. The van der Waals surface area contributed by atoms with Crippen LogP contribution in [-0.4, -0.2) is 47.2 Å². The fourth-order valence-electron chi connectivity index (χ4n) is 3.64. The van der Waals surface area contributed by atoms with Crippen molar-refractivity contribution in [2.45, 2.75) is 18.2 Å². The van der Waals surface area contributed by atoms with Gasteiger partial charge in [0, 0.05) is 32.0 Å². The van der Waals surface area contributed by atoms with E-state index in [1.54, 1.807) is 6.20 Å². The van der Waals surface area contributed by atoms with Crippen molar-refractivity contribution >= 4 is 9.84 Å². The van der Waals surface area contributed by atoms with Crippen molar-refractivity contribution in [2.24, 2.45) is 5.92 Å². The molecule has 5 nitrogen and oxygen atoms in total. The predicted octanol–water partition coefficient (Wildman–Crippen LogP) is 1.49. The van der Waals surface area contributed by atoms with Crippen LogP contribution < -0.4 is 0 Å². The third kappa shape index (κ3) is 2.46. The van der Waals surface area contributed by atoms with Crippen molar-refractivity contribution in [3.63, 3.8) is 0 Å². The average Bonchev–Trinajstić information content (AvgIpc) is 3.20. The van der Waals surface area contributed by atoms with E-state index < -0.39 is 9.84 Å². The van der Waals surface area contributed by atoms with E-state index in [0.29, 0.717) is 18.2 Å². The summed E-state index contributed by atoms with van der Waals surface area (Å²) in [6, 6.07) is 10.2. The standard InChI is InChI=1S/C16H19N3O2S/c20-22(21)9-6-14-11-18(12-16(14)22)10-13-2-4-15(5-3-13)19-8-1-7-17-19/h1-5,7-8,14,16H,6,9-12H2/t14-,16+/m1/s1. The van der Waals surface area contributed by atoms with Crippen LogP contribution in [0.3, 0.4) is 0 Å². The van der Waals surface area contributed by atoms with Gasteiger partial charge in [0.1, 0.15) is 0 Å². The molecule has 4 rings (SSSR count). The molecule has 1 aromatic carbocycles. The molecule has 2 aliphatic heterocycles. The predicted molar refractivity (Wildman–Crippen MR) is 84.5 cm³/mol. The zero-order valence-electron chi connectivity index (χ0n) is 12.3. The summed E-state index contributed by atoms with van der Waals surface area (Å²) in [4.78, 5) is 2.27. The van der Waals surface area contributed by atoms with Crippen molar-refractivity contribution in [1.29, 1.82) is 0 Å². The first-order valence-corrected chi connectivity index (χ1v) is 9.36. The Morgan fingerprint density at radius 3 is 2.68 bits per heavy atom. The molecule has 6 heteroatoms. The lowest BCUT2D eigenvalue weighted by Gasteiger charge is -2.17. The minimum absolute atomic E-state index is 0.129. The molecule has 0 amide bonds. The molecule has 116 valence electrons. The number of nitrogens with zero attached hydrogens (tertiary/aromatic N) is 3. The molecule has 0 radical (unpaired) electrons.